The van der Waals surface area contributed by atoms with Gasteiger partial charge in [0.2, 0.25) is 0 Å². The van der Waals surface area contributed by atoms with Crippen molar-refractivity contribution in [1.82, 2.24) is 0 Å². The zero-order valence-corrected chi connectivity index (χ0v) is 17.1. The summed E-state index contributed by atoms with van der Waals surface area (Å²) in [5.74, 6) is 0.601. The molecule has 22 heavy (non-hydrogen) atoms. The van der Waals surface area contributed by atoms with Crippen LogP contribution in [-0.4, -0.2) is 6.00 Å². The van der Waals surface area contributed by atoms with E-state index in [2.05, 4.69) is 24.3 Å². The highest BCUT2D eigenvalue weighted by Crippen LogP contribution is 2.27. The van der Waals surface area contributed by atoms with Crippen LogP contribution in [-0.2, 0) is 12.3 Å². The Morgan fingerprint density at radius 3 is 1.59 bits per heavy atom. The van der Waals surface area contributed by atoms with Crippen LogP contribution in [0.2, 0.25) is 6.04 Å². The van der Waals surface area contributed by atoms with E-state index in [1.807, 2.05) is 0 Å². The van der Waals surface area contributed by atoms with Crippen LogP contribution in [0.1, 0.15) is 62.5 Å². The molecule has 0 amide bonds. The van der Waals surface area contributed by atoms with Gasteiger partial charge in [-0.2, -0.15) is 0 Å². The summed E-state index contributed by atoms with van der Waals surface area (Å²) >= 11 is 23.4. The van der Waals surface area contributed by atoms with Gasteiger partial charge in [0.1, 0.15) is 0 Å². The maximum absolute atomic E-state index is 5.86. The number of aryl methyl sites for hydroxylation is 1. The molecule has 0 nitrogen and oxygen atoms in total. The largest absolute Gasteiger partial charge is 0.341 e. The Kier molecular flexibility index (Phi) is 11.3. The zero-order chi connectivity index (χ0) is 16.3. The van der Waals surface area contributed by atoms with Crippen molar-refractivity contribution in [2.75, 3.05) is 0 Å². The molecule has 0 unspecified atom stereocenters. The first-order valence-corrected chi connectivity index (χ1v) is 14.0. The molecule has 0 N–H and O–H groups in total. The van der Waals surface area contributed by atoms with Crippen molar-refractivity contribution in [2.24, 2.45) is 0 Å². The minimum absolute atomic E-state index is 0.601. The molecule has 1 rings (SSSR count). The topological polar surface area (TPSA) is 0 Å². The first-order valence-electron chi connectivity index (χ1n) is 8.22. The van der Waals surface area contributed by atoms with E-state index in [1.54, 1.807) is 0 Å². The van der Waals surface area contributed by atoms with Gasteiger partial charge in [0.15, 0.2) is 0 Å². The molecule has 0 radical (unpaired) electrons. The Labute approximate surface area is 155 Å². The van der Waals surface area contributed by atoms with Gasteiger partial charge in [0, 0.05) is 5.88 Å². The van der Waals surface area contributed by atoms with E-state index in [9.17, 15) is 0 Å². The second-order valence-electron chi connectivity index (χ2n) is 5.89. The SMILES string of the molecule is ClCc1ccc(CCCCCCCCCC[Si](Cl)(Cl)Cl)cc1. The average Bonchev–Trinajstić information content (AvgIpc) is 2.48. The monoisotopic (exact) mass is 398 g/mol. The molecule has 0 saturated heterocycles. The molecule has 0 aromatic heterocycles. The van der Waals surface area contributed by atoms with Crippen molar-refractivity contribution in [3.05, 3.63) is 35.4 Å². The molecular formula is C17H26Cl4Si. The first-order chi connectivity index (χ1) is 10.5. The molecule has 1 aromatic carbocycles. The molecule has 5 heteroatoms. The number of rotatable bonds is 12. The summed E-state index contributed by atoms with van der Waals surface area (Å²) in [5.41, 5.74) is 2.62. The predicted octanol–water partition coefficient (Wildman–Crippen LogP) is 7.74. The van der Waals surface area contributed by atoms with Crippen LogP contribution in [0, 0.1) is 0 Å². The van der Waals surface area contributed by atoms with Crippen LogP contribution >= 0.6 is 44.8 Å². The van der Waals surface area contributed by atoms with Crippen LogP contribution in [0.25, 0.3) is 0 Å². The van der Waals surface area contributed by atoms with E-state index < -0.39 is 6.00 Å². The highest BCUT2D eigenvalue weighted by atomic mass is 35.8. The highest BCUT2D eigenvalue weighted by Gasteiger charge is 2.23. The molecule has 0 aliphatic heterocycles. The van der Waals surface area contributed by atoms with Crippen molar-refractivity contribution in [1.29, 1.82) is 0 Å². The second kappa shape index (κ2) is 12.0. The number of hydrogen-bond acceptors (Lipinski definition) is 0. The Bertz CT molecular complexity index is 387. The minimum atomic E-state index is -2.37. The van der Waals surface area contributed by atoms with Gasteiger partial charge < -0.3 is 0 Å². The Morgan fingerprint density at radius 2 is 1.09 bits per heavy atom. The summed E-state index contributed by atoms with van der Waals surface area (Å²) in [5, 5.41) is 0. The lowest BCUT2D eigenvalue weighted by atomic mass is 10.0. The summed E-state index contributed by atoms with van der Waals surface area (Å²) < 4.78 is 0. The van der Waals surface area contributed by atoms with Crippen LogP contribution in [0.4, 0.5) is 0 Å². The molecule has 0 aliphatic rings. The number of alkyl halides is 1. The van der Waals surface area contributed by atoms with Gasteiger partial charge >= 0.3 is 6.00 Å². The molecule has 1 aromatic rings. The molecule has 0 aliphatic carbocycles. The molecule has 0 atom stereocenters. The lowest BCUT2D eigenvalue weighted by molar-refractivity contribution is 0.575. The van der Waals surface area contributed by atoms with Crippen LogP contribution in [0.3, 0.4) is 0 Å². The van der Waals surface area contributed by atoms with Gasteiger partial charge in [-0.05, 0) is 30.0 Å². The Balaban J connectivity index is 1.91. The third-order valence-electron chi connectivity index (χ3n) is 3.85. The average molecular weight is 400 g/mol. The standard InChI is InChI=1S/C17H26Cl4Si/c18-15-17-12-10-16(11-13-17)9-7-5-3-1-2-4-6-8-14-22(19,20)21/h10-13H,1-9,14-15H2. The molecule has 0 heterocycles. The maximum Gasteiger partial charge on any atom is 0.341 e. The van der Waals surface area contributed by atoms with E-state index in [0.29, 0.717) is 5.88 Å². The van der Waals surface area contributed by atoms with Gasteiger partial charge in [-0.3, -0.25) is 0 Å². The fraction of sp³-hybridized carbons (Fsp3) is 0.647. The minimum Gasteiger partial charge on any atom is -0.126 e. The molecule has 0 bridgehead atoms. The lowest BCUT2D eigenvalue weighted by Crippen LogP contribution is -2.07. The van der Waals surface area contributed by atoms with Gasteiger partial charge in [0.25, 0.3) is 0 Å². The first kappa shape index (κ1) is 20.6. The van der Waals surface area contributed by atoms with Crippen LogP contribution < -0.4 is 0 Å². The summed E-state index contributed by atoms with van der Waals surface area (Å²) in [6.07, 6.45) is 11.3. The number of benzene rings is 1. The highest BCUT2D eigenvalue weighted by molar-refractivity contribution is 7.64. The van der Waals surface area contributed by atoms with E-state index in [0.717, 1.165) is 12.5 Å². The summed E-state index contributed by atoms with van der Waals surface area (Å²) in [6, 6.07) is 7.09. The molecule has 126 valence electrons. The maximum atomic E-state index is 5.86. The van der Waals surface area contributed by atoms with Gasteiger partial charge in [-0.25, -0.2) is 0 Å². The van der Waals surface area contributed by atoms with E-state index in [-0.39, 0.29) is 0 Å². The van der Waals surface area contributed by atoms with E-state index >= 15 is 0 Å². The molecule has 0 fully saturated rings. The summed E-state index contributed by atoms with van der Waals surface area (Å²) in [6.45, 7) is 0. The van der Waals surface area contributed by atoms with Crippen molar-refractivity contribution in [3.8, 4) is 0 Å². The van der Waals surface area contributed by atoms with Crippen molar-refractivity contribution in [2.45, 2.75) is 69.7 Å². The molecule has 0 spiro atoms. The normalized spacial score (nSPS) is 11.8. The van der Waals surface area contributed by atoms with E-state index in [4.69, 9.17) is 44.8 Å². The third-order valence-corrected chi connectivity index (χ3v) is 6.78. The van der Waals surface area contributed by atoms with Crippen molar-refractivity contribution < 1.29 is 0 Å². The van der Waals surface area contributed by atoms with Gasteiger partial charge in [-0.1, -0.05) is 69.2 Å². The van der Waals surface area contributed by atoms with Gasteiger partial charge in [0.05, 0.1) is 0 Å². The Morgan fingerprint density at radius 1 is 0.636 bits per heavy atom. The van der Waals surface area contributed by atoms with E-state index in [1.165, 1.54) is 62.5 Å². The smallest absolute Gasteiger partial charge is 0.126 e. The summed E-state index contributed by atoms with van der Waals surface area (Å²) in [4.78, 5) is 0. The summed E-state index contributed by atoms with van der Waals surface area (Å²) in [7, 11) is 0. The fourth-order valence-electron chi connectivity index (χ4n) is 2.51. The lowest BCUT2D eigenvalue weighted by Gasteiger charge is -2.07. The fourth-order valence-corrected chi connectivity index (χ4v) is 4.54. The third kappa shape index (κ3) is 11.2. The number of halogens is 4. The predicted molar refractivity (Wildman–Crippen MR) is 105 cm³/mol. The molecular weight excluding hydrogens is 374 g/mol. The second-order valence-corrected chi connectivity index (χ2v) is 15.4. The quantitative estimate of drug-likeness (QED) is 0.146. The van der Waals surface area contributed by atoms with Gasteiger partial charge in [-0.15, -0.1) is 44.8 Å². The zero-order valence-electron chi connectivity index (χ0n) is 13.1. The number of hydrogen-bond donors (Lipinski definition) is 0. The van der Waals surface area contributed by atoms with Crippen molar-refractivity contribution >= 4 is 50.8 Å². The van der Waals surface area contributed by atoms with Crippen LogP contribution in [0.15, 0.2) is 24.3 Å². The number of unbranched alkanes of at least 4 members (excludes halogenated alkanes) is 7. The van der Waals surface area contributed by atoms with Crippen molar-refractivity contribution in [3.63, 3.8) is 0 Å². The Hall–Kier alpha value is 0.597. The van der Waals surface area contributed by atoms with Crippen LogP contribution in [0.5, 0.6) is 0 Å². The molecule has 0 saturated carbocycles.